The number of benzene rings is 1. The van der Waals surface area contributed by atoms with E-state index in [1.165, 1.54) is 36.1 Å². The van der Waals surface area contributed by atoms with Gasteiger partial charge in [-0.3, -0.25) is 4.79 Å². The van der Waals surface area contributed by atoms with Crippen LogP contribution in [-0.4, -0.2) is 38.3 Å². The number of likely N-dealkylation sites (tertiary alicyclic amines) is 1. The van der Waals surface area contributed by atoms with Crippen molar-refractivity contribution in [1.82, 2.24) is 25.2 Å². The van der Waals surface area contributed by atoms with E-state index < -0.39 is 0 Å². The third-order valence-corrected chi connectivity index (χ3v) is 7.66. The molecule has 2 N–H and O–H groups in total. The quantitative estimate of drug-likeness (QED) is 0.679. The standard InChI is InChI=1S/C24H32N6O/c1-15-10-12-29(13-11-15)22(23-26-27-28-30(23)19-6-4-5-7-19)20-14-18-9-8-16(2)17(3)21(18)25-24(20)31/h8-9,14-15,19,22H,4-7,10-13H2,1-3H3,(H,25,31)/p+1/t22-/m1/s1. The molecule has 31 heavy (non-hydrogen) atoms. The minimum atomic E-state index is -0.141. The van der Waals surface area contributed by atoms with Gasteiger partial charge in [-0.25, -0.2) is 4.68 Å². The van der Waals surface area contributed by atoms with Crippen molar-refractivity contribution in [1.29, 1.82) is 0 Å². The van der Waals surface area contributed by atoms with Crippen molar-refractivity contribution < 1.29 is 4.90 Å². The van der Waals surface area contributed by atoms with Gasteiger partial charge in [-0.2, -0.15) is 0 Å². The van der Waals surface area contributed by atoms with Crippen LogP contribution >= 0.6 is 0 Å². The number of hydrogen-bond acceptors (Lipinski definition) is 4. The van der Waals surface area contributed by atoms with Crippen molar-refractivity contribution in [2.45, 2.75) is 71.4 Å². The average molecular weight is 422 g/mol. The molecule has 2 fully saturated rings. The van der Waals surface area contributed by atoms with E-state index in [4.69, 9.17) is 0 Å². The summed E-state index contributed by atoms with van der Waals surface area (Å²) < 4.78 is 2.03. The molecule has 1 aliphatic carbocycles. The van der Waals surface area contributed by atoms with Gasteiger partial charge >= 0.3 is 0 Å². The predicted octanol–water partition coefficient (Wildman–Crippen LogP) is 2.65. The van der Waals surface area contributed by atoms with E-state index in [-0.39, 0.29) is 11.6 Å². The highest BCUT2D eigenvalue weighted by Crippen LogP contribution is 2.31. The molecule has 1 saturated heterocycles. The van der Waals surface area contributed by atoms with Gasteiger partial charge in [0.2, 0.25) is 5.82 Å². The molecule has 2 aromatic heterocycles. The van der Waals surface area contributed by atoms with Gasteiger partial charge in [-0.1, -0.05) is 31.9 Å². The topological polar surface area (TPSA) is 80.9 Å². The van der Waals surface area contributed by atoms with E-state index in [9.17, 15) is 4.79 Å². The molecule has 5 rings (SSSR count). The second kappa shape index (κ2) is 8.19. The summed E-state index contributed by atoms with van der Waals surface area (Å²) in [6.07, 6.45) is 7.00. The summed E-state index contributed by atoms with van der Waals surface area (Å²) in [6, 6.07) is 6.54. The number of aromatic nitrogens is 5. The van der Waals surface area contributed by atoms with Gasteiger partial charge in [0.25, 0.3) is 5.56 Å². The van der Waals surface area contributed by atoms with Crippen LogP contribution in [0.25, 0.3) is 10.9 Å². The number of rotatable bonds is 4. The molecule has 1 atom stereocenters. The Balaban J connectivity index is 1.65. The van der Waals surface area contributed by atoms with Crippen LogP contribution < -0.4 is 10.5 Å². The Kier molecular flexibility index (Phi) is 5.38. The number of H-pyrrole nitrogens is 1. The molecule has 0 radical (unpaired) electrons. The summed E-state index contributed by atoms with van der Waals surface area (Å²) in [5.41, 5.74) is 4.03. The zero-order valence-electron chi connectivity index (χ0n) is 18.8. The van der Waals surface area contributed by atoms with Crippen LogP contribution in [0.4, 0.5) is 0 Å². The first-order valence-corrected chi connectivity index (χ1v) is 11.8. The van der Waals surface area contributed by atoms with Crippen molar-refractivity contribution >= 4 is 10.9 Å². The fourth-order valence-corrected chi connectivity index (χ4v) is 5.52. The number of aryl methyl sites for hydroxylation is 2. The van der Waals surface area contributed by atoms with Crippen LogP contribution in [0.3, 0.4) is 0 Å². The molecule has 7 heteroatoms. The van der Waals surface area contributed by atoms with Crippen molar-refractivity contribution in [2.75, 3.05) is 13.1 Å². The maximum Gasteiger partial charge on any atom is 0.258 e. The highest BCUT2D eigenvalue weighted by Gasteiger charge is 2.37. The summed E-state index contributed by atoms with van der Waals surface area (Å²) in [5, 5.41) is 14.1. The van der Waals surface area contributed by atoms with Crippen molar-refractivity contribution in [3.05, 3.63) is 51.1 Å². The summed E-state index contributed by atoms with van der Waals surface area (Å²) in [5.74, 6) is 1.58. The Bertz CT molecular complexity index is 1130. The number of aromatic amines is 1. The Morgan fingerprint density at radius 3 is 2.61 bits per heavy atom. The zero-order valence-corrected chi connectivity index (χ0v) is 18.8. The van der Waals surface area contributed by atoms with Crippen molar-refractivity contribution in [2.24, 2.45) is 5.92 Å². The molecule has 3 heterocycles. The molecule has 1 aliphatic heterocycles. The lowest BCUT2D eigenvalue weighted by Gasteiger charge is -2.33. The molecule has 2 aliphatic rings. The molecule has 1 aromatic carbocycles. The van der Waals surface area contributed by atoms with Gasteiger partial charge < -0.3 is 9.88 Å². The van der Waals surface area contributed by atoms with Gasteiger partial charge in [0.05, 0.1) is 30.2 Å². The van der Waals surface area contributed by atoms with Crippen LogP contribution in [0.1, 0.15) is 80.0 Å². The monoisotopic (exact) mass is 421 g/mol. The molecular formula is C24H33N6O+. The Morgan fingerprint density at radius 1 is 1.13 bits per heavy atom. The first-order chi connectivity index (χ1) is 15.0. The predicted molar refractivity (Wildman–Crippen MR) is 120 cm³/mol. The third kappa shape index (κ3) is 3.69. The van der Waals surface area contributed by atoms with Gasteiger partial charge in [0.1, 0.15) is 0 Å². The maximum atomic E-state index is 13.4. The molecule has 0 unspecified atom stereocenters. The highest BCUT2D eigenvalue weighted by molar-refractivity contribution is 5.83. The molecule has 164 valence electrons. The van der Waals surface area contributed by atoms with Gasteiger partial charge in [0, 0.05) is 0 Å². The normalized spacial score (nSPS) is 23.5. The van der Waals surface area contributed by atoms with Gasteiger partial charge in [-0.05, 0) is 78.5 Å². The number of pyridine rings is 1. The van der Waals surface area contributed by atoms with Crippen LogP contribution in [0.15, 0.2) is 23.0 Å². The van der Waals surface area contributed by atoms with E-state index in [1.807, 2.05) is 4.68 Å². The zero-order chi connectivity index (χ0) is 21.5. The number of fused-ring (bicyclic) bond motifs is 1. The number of nitrogens with one attached hydrogen (secondary N) is 2. The second-order valence-corrected chi connectivity index (χ2v) is 9.72. The van der Waals surface area contributed by atoms with Crippen molar-refractivity contribution in [3.8, 4) is 0 Å². The molecule has 0 bridgehead atoms. The second-order valence-electron chi connectivity index (χ2n) is 9.72. The minimum absolute atomic E-state index is 0.0155. The van der Waals surface area contributed by atoms with Gasteiger partial charge in [0.15, 0.2) is 6.04 Å². The Morgan fingerprint density at radius 2 is 1.87 bits per heavy atom. The summed E-state index contributed by atoms with van der Waals surface area (Å²) >= 11 is 0. The SMILES string of the molecule is Cc1ccc2cc([C@H](c3nnnn3C3CCCC3)[NH+]3CCC(C)CC3)c(=O)[nH]c2c1C. The number of hydrogen-bond donors (Lipinski definition) is 2. The van der Waals surface area contributed by atoms with Crippen LogP contribution in [0.2, 0.25) is 0 Å². The molecule has 0 spiro atoms. The summed E-state index contributed by atoms with van der Waals surface area (Å²) in [4.78, 5) is 18.0. The van der Waals surface area contributed by atoms with E-state index in [0.29, 0.717) is 6.04 Å². The summed E-state index contributed by atoms with van der Waals surface area (Å²) in [6.45, 7) is 8.55. The molecule has 0 amide bonds. The van der Waals surface area contributed by atoms with E-state index in [1.54, 1.807) is 0 Å². The number of tetrazole rings is 1. The number of piperidine rings is 1. The lowest BCUT2D eigenvalue weighted by molar-refractivity contribution is -0.932. The molecule has 1 saturated carbocycles. The highest BCUT2D eigenvalue weighted by atomic mass is 16.1. The van der Waals surface area contributed by atoms with E-state index in [2.05, 4.69) is 59.5 Å². The van der Waals surface area contributed by atoms with Gasteiger partial charge in [-0.15, -0.1) is 5.10 Å². The molecular weight excluding hydrogens is 388 g/mol. The maximum absolute atomic E-state index is 13.4. The van der Waals surface area contributed by atoms with E-state index in [0.717, 1.165) is 59.7 Å². The molecule has 3 aromatic rings. The minimum Gasteiger partial charge on any atom is -0.322 e. The first kappa shape index (κ1) is 20.4. The smallest absolute Gasteiger partial charge is 0.258 e. The first-order valence-electron chi connectivity index (χ1n) is 11.8. The Labute approximate surface area is 182 Å². The van der Waals surface area contributed by atoms with Crippen LogP contribution in [0, 0.1) is 19.8 Å². The average Bonchev–Trinajstić information content (AvgIpc) is 3.45. The van der Waals surface area contributed by atoms with Crippen molar-refractivity contribution in [3.63, 3.8) is 0 Å². The fourth-order valence-electron chi connectivity index (χ4n) is 5.52. The lowest BCUT2D eigenvalue weighted by Crippen LogP contribution is -3.13. The van der Waals surface area contributed by atoms with Crippen LogP contribution in [0.5, 0.6) is 0 Å². The largest absolute Gasteiger partial charge is 0.322 e. The Hall–Kier alpha value is -2.54. The third-order valence-electron chi connectivity index (χ3n) is 7.66. The summed E-state index contributed by atoms with van der Waals surface area (Å²) in [7, 11) is 0. The number of nitrogens with zero attached hydrogens (tertiary/aromatic N) is 4. The number of quaternary nitrogens is 1. The van der Waals surface area contributed by atoms with Crippen LogP contribution in [-0.2, 0) is 0 Å². The van der Waals surface area contributed by atoms with E-state index >= 15 is 0 Å². The molecule has 7 nitrogen and oxygen atoms in total. The lowest BCUT2D eigenvalue weighted by atomic mass is 9.94. The fraction of sp³-hybridized carbons (Fsp3) is 0.583.